The number of hydroxylamine groups is 1. The Kier molecular flexibility index (Phi) is 5.59. The highest BCUT2D eigenvalue weighted by Crippen LogP contribution is 2.39. The third kappa shape index (κ3) is 3.25. The van der Waals surface area contributed by atoms with Crippen molar-refractivity contribution in [1.82, 2.24) is 5.48 Å². The molecule has 0 saturated carbocycles. The summed E-state index contributed by atoms with van der Waals surface area (Å²) in [7, 11) is 4.77. The molecule has 1 rings (SSSR count). The molecule has 1 aromatic rings. The topological polar surface area (TPSA) is 49.0 Å². The van der Waals surface area contributed by atoms with E-state index >= 15 is 0 Å². The van der Waals surface area contributed by atoms with E-state index in [1.165, 1.54) is 0 Å². The Morgan fingerprint density at radius 3 is 2.24 bits per heavy atom. The van der Waals surface area contributed by atoms with Crippen LogP contribution in [0.3, 0.4) is 0 Å². The molecule has 0 radical (unpaired) electrons. The molecular formula is C12H19NO4. The SMILES string of the molecule is CCONCc1ccc(OC)c(OC)c1OC. The highest BCUT2D eigenvalue weighted by atomic mass is 16.6. The fourth-order valence-corrected chi connectivity index (χ4v) is 1.53. The number of nitrogens with one attached hydrogen (secondary N) is 1. The molecule has 1 N–H and O–H groups in total. The maximum Gasteiger partial charge on any atom is 0.203 e. The van der Waals surface area contributed by atoms with Gasteiger partial charge in [0.05, 0.1) is 27.9 Å². The van der Waals surface area contributed by atoms with Crippen LogP contribution in [0.2, 0.25) is 0 Å². The van der Waals surface area contributed by atoms with Gasteiger partial charge in [-0.3, -0.25) is 0 Å². The van der Waals surface area contributed by atoms with Crippen LogP contribution in [0.15, 0.2) is 12.1 Å². The quantitative estimate of drug-likeness (QED) is 0.582. The molecule has 0 spiro atoms. The van der Waals surface area contributed by atoms with Gasteiger partial charge in [-0.15, -0.1) is 0 Å². The Labute approximate surface area is 102 Å². The smallest absolute Gasteiger partial charge is 0.203 e. The van der Waals surface area contributed by atoms with Crippen molar-refractivity contribution in [2.45, 2.75) is 13.5 Å². The maximum absolute atomic E-state index is 5.34. The van der Waals surface area contributed by atoms with Gasteiger partial charge >= 0.3 is 0 Å². The minimum Gasteiger partial charge on any atom is -0.493 e. The summed E-state index contributed by atoms with van der Waals surface area (Å²) >= 11 is 0. The van der Waals surface area contributed by atoms with Crippen molar-refractivity contribution in [1.29, 1.82) is 0 Å². The van der Waals surface area contributed by atoms with Crippen molar-refractivity contribution in [3.8, 4) is 17.2 Å². The third-order valence-electron chi connectivity index (χ3n) is 2.29. The van der Waals surface area contributed by atoms with Crippen LogP contribution in [0, 0.1) is 0 Å². The van der Waals surface area contributed by atoms with E-state index in [1.54, 1.807) is 21.3 Å². The molecule has 0 saturated heterocycles. The van der Waals surface area contributed by atoms with Crippen LogP contribution in [0.5, 0.6) is 17.2 Å². The minimum atomic E-state index is 0.539. The van der Waals surface area contributed by atoms with E-state index in [-0.39, 0.29) is 0 Å². The van der Waals surface area contributed by atoms with Crippen LogP contribution in [-0.4, -0.2) is 27.9 Å². The van der Waals surface area contributed by atoms with Gasteiger partial charge in [-0.05, 0) is 19.1 Å². The molecule has 0 heterocycles. The Bertz CT molecular complexity index is 355. The van der Waals surface area contributed by atoms with Gasteiger partial charge in [-0.25, -0.2) is 0 Å². The van der Waals surface area contributed by atoms with Crippen LogP contribution < -0.4 is 19.7 Å². The first kappa shape index (κ1) is 13.6. The highest BCUT2D eigenvalue weighted by Gasteiger charge is 2.15. The first-order valence-corrected chi connectivity index (χ1v) is 5.40. The lowest BCUT2D eigenvalue weighted by Gasteiger charge is -2.15. The van der Waals surface area contributed by atoms with E-state index in [4.69, 9.17) is 19.0 Å². The van der Waals surface area contributed by atoms with Gasteiger partial charge in [0.2, 0.25) is 5.75 Å². The summed E-state index contributed by atoms with van der Waals surface area (Å²) < 4.78 is 15.8. The molecule has 0 aliphatic carbocycles. The van der Waals surface area contributed by atoms with Crippen LogP contribution >= 0.6 is 0 Å². The zero-order valence-corrected chi connectivity index (χ0v) is 10.7. The summed E-state index contributed by atoms with van der Waals surface area (Å²) in [6, 6.07) is 3.75. The predicted octanol–water partition coefficient (Wildman–Crippen LogP) is 1.75. The molecule has 0 aromatic heterocycles. The average molecular weight is 241 g/mol. The Hall–Kier alpha value is -1.46. The molecule has 17 heavy (non-hydrogen) atoms. The number of methoxy groups -OCH3 is 3. The summed E-state index contributed by atoms with van der Waals surface area (Å²) in [6.45, 7) is 3.06. The Balaban J connectivity index is 2.97. The van der Waals surface area contributed by atoms with Crippen molar-refractivity contribution in [2.24, 2.45) is 0 Å². The van der Waals surface area contributed by atoms with E-state index in [1.807, 2.05) is 19.1 Å². The molecule has 0 unspecified atom stereocenters. The first-order valence-electron chi connectivity index (χ1n) is 5.40. The number of benzene rings is 1. The lowest BCUT2D eigenvalue weighted by atomic mass is 10.1. The van der Waals surface area contributed by atoms with E-state index in [0.29, 0.717) is 30.4 Å². The van der Waals surface area contributed by atoms with Crippen LogP contribution in [0.1, 0.15) is 12.5 Å². The summed E-state index contributed by atoms with van der Waals surface area (Å²) in [6.07, 6.45) is 0. The zero-order valence-electron chi connectivity index (χ0n) is 10.7. The fourth-order valence-electron chi connectivity index (χ4n) is 1.53. The van der Waals surface area contributed by atoms with Gasteiger partial charge in [-0.1, -0.05) is 0 Å². The summed E-state index contributed by atoms with van der Waals surface area (Å²) in [4.78, 5) is 5.09. The lowest BCUT2D eigenvalue weighted by molar-refractivity contribution is 0.0458. The molecule has 5 nitrogen and oxygen atoms in total. The summed E-state index contributed by atoms with van der Waals surface area (Å²) in [5.74, 6) is 1.88. The van der Waals surface area contributed by atoms with E-state index in [9.17, 15) is 0 Å². The van der Waals surface area contributed by atoms with Crippen LogP contribution in [0.4, 0.5) is 0 Å². The molecule has 1 aromatic carbocycles. The van der Waals surface area contributed by atoms with E-state index in [0.717, 1.165) is 5.56 Å². The molecule has 0 fully saturated rings. The number of hydrogen-bond donors (Lipinski definition) is 1. The largest absolute Gasteiger partial charge is 0.493 e. The molecule has 5 heteroatoms. The monoisotopic (exact) mass is 241 g/mol. The summed E-state index contributed by atoms with van der Waals surface area (Å²) in [5.41, 5.74) is 3.78. The third-order valence-corrected chi connectivity index (χ3v) is 2.29. The number of hydrogen-bond acceptors (Lipinski definition) is 5. The number of ether oxygens (including phenoxy) is 3. The number of rotatable bonds is 7. The molecule has 0 bridgehead atoms. The highest BCUT2D eigenvalue weighted by molar-refractivity contribution is 5.55. The molecule has 0 atom stereocenters. The van der Waals surface area contributed by atoms with Gasteiger partial charge < -0.3 is 19.0 Å². The van der Waals surface area contributed by atoms with Crippen LogP contribution in [0.25, 0.3) is 0 Å². The normalized spacial score (nSPS) is 10.1. The molecule has 0 amide bonds. The predicted molar refractivity (Wildman–Crippen MR) is 64.6 cm³/mol. The Morgan fingerprint density at radius 2 is 1.71 bits per heavy atom. The molecule has 0 aliphatic rings. The second-order valence-electron chi connectivity index (χ2n) is 3.25. The minimum absolute atomic E-state index is 0.539. The second kappa shape index (κ2) is 6.98. The Morgan fingerprint density at radius 1 is 1.00 bits per heavy atom. The van der Waals surface area contributed by atoms with Crippen molar-refractivity contribution in [3.63, 3.8) is 0 Å². The van der Waals surface area contributed by atoms with E-state index in [2.05, 4.69) is 5.48 Å². The average Bonchev–Trinajstić information content (AvgIpc) is 2.38. The zero-order chi connectivity index (χ0) is 12.7. The lowest BCUT2D eigenvalue weighted by Crippen LogP contribution is -2.14. The van der Waals surface area contributed by atoms with Gasteiger partial charge in [0, 0.05) is 12.1 Å². The maximum atomic E-state index is 5.34. The molecule has 0 aliphatic heterocycles. The van der Waals surface area contributed by atoms with E-state index < -0.39 is 0 Å². The second-order valence-corrected chi connectivity index (χ2v) is 3.25. The van der Waals surface area contributed by atoms with Gasteiger partial charge in [0.1, 0.15) is 0 Å². The van der Waals surface area contributed by atoms with Crippen molar-refractivity contribution in [3.05, 3.63) is 17.7 Å². The van der Waals surface area contributed by atoms with Crippen molar-refractivity contribution >= 4 is 0 Å². The molecule has 96 valence electrons. The van der Waals surface area contributed by atoms with Crippen molar-refractivity contribution in [2.75, 3.05) is 27.9 Å². The first-order chi connectivity index (χ1) is 8.28. The van der Waals surface area contributed by atoms with Gasteiger partial charge in [-0.2, -0.15) is 5.48 Å². The standard InChI is InChI=1S/C12H19NO4/c1-5-17-13-8-9-6-7-10(14-2)12(16-4)11(9)15-3/h6-7,13H,5,8H2,1-4H3. The van der Waals surface area contributed by atoms with Gasteiger partial charge in [0.25, 0.3) is 0 Å². The van der Waals surface area contributed by atoms with Crippen LogP contribution in [-0.2, 0) is 11.4 Å². The van der Waals surface area contributed by atoms with Gasteiger partial charge in [0.15, 0.2) is 11.5 Å². The van der Waals surface area contributed by atoms with Crippen molar-refractivity contribution < 1.29 is 19.0 Å². The fraction of sp³-hybridized carbons (Fsp3) is 0.500. The summed E-state index contributed by atoms with van der Waals surface area (Å²) in [5, 5.41) is 0. The molecular weight excluding hydrogens is 222 g/mol.